The summed E-state index contributed by atoms with van der Waals surface area (Å²) in [6, 6.07) is 1.39. The second kappa shape index (κ2) is 4.16. The summed E-state index contributed by atoms with van der Waals surface area (Å²) in [6.07, 6.45) is -2.75. The summed E-state index contributed by atoms with van der Waals surface area (Å²) in [5, 5.41) is 8.65. The Balaban J connectivity index is 3.34. The highest BCUT2D eigenvalue weighted by atomic mass is 127. The fourth-order valence-electron chi connectivity index (χ4n) is 0.965. The van der Waals surface area contributed by atoms with Gasteiger partial charge >= 0.3 is 5.97 Å². The lowest BCUT2D eigenvalue weighted by Gasteiger charge is -2.06. The van der Waals surface area contributed by atoms with Crippen LogP contribution in [0.3, 0.4) is 0 Å². The Kier molecular flexibility index (Phi) is 3.35. The molecule has 1 heterocycles. The SMILES string of the molecule is Cc1cc(I)c(C(=O)O)nc1C(F)F. The first-order chi connectivity index (χ1) is 6.43. The topological polar surface area (TPSA) is 50.2 Å². The number of alkyl halides is 2. The zero-order chi connectivity index (χ0) is 10.9. The van der Waals surface area contributed by atoms with Crippen molar-refractivity contribution in [3.63, 3.8) is 0 Å². The van der Waals surface area contributed by atoms with E-state index in [1.54, 1.807) is 22.6 Å². The maximum Gasteiger partial charge on any atom is 0.355 e. The average molecular weight is 313 g/mol. The zero-order valence-electron chi connectivity index (χ0n) is 7.09. The van der Waals surface area contributed by atoms with E-state index in [1.807, 2.05) is 0 Å². The Morgan fingerprint density at radius 3 is 2.64 bits per heavy atom. The van der Waals surface area contributed by atoms with Gasteiger partial charge in [0.2, 0.25) is 0 Å². The first kappa shape index (κ1) is 11.3. The molecule has 76 valence electrons. The van der Waals surface area contributed by atoms with Crippen LogP contribution in [0.25, 0.3) is 0 Å². The molecule has 0 fully saturated rings. The number of carboxylic acid groups (broad SMARTS) is 1. The normalized spacial score (nSPS) is 10.6. The number of rotatable bonds is 2. The van der Waals surface area contributed by atoms with Gasteiger partial charge in [-0.1, -0.05) is 0 Å². The van der Waals surface area contributed by atoms with Gasteiger partial charge in [0.1, 0.15) is 5.69 Å². The molecule has 14 heavy (non-hydrogen) atoms. The van der Waals surface area contributed by atoms with Crippen molar-refractivity contribution in [3.05, 3.63) is 26.6 Å². The predicted octanol–water partition coefficient (Wildman–Crippen LogP) is 2.63. The number of hydrogen-bond donors (Lipinski definition) is 1. The number of aromatic nitrogens is 1. The lowest BCUT2D eigenvalue weighted by atomic mass is 10.2. The van der Waals surface area contributed by atoms with Crippen LogP contribution in [0, 0.1) is 10.5 Å². The number of nitrogens with zero attached hydrogens (tertiary/aromatic N) is 1. The number of hydrogen-bond acceptors (Lipinski definition) is 2. The molecule has 0 aliphatic heterocycles. The fraction of sp³-hybridized carbons (Fsp3) is 0.250. The van der Waals surface area contributed by atoms with Crippen molar-refractivity contribution < 1.29 is 18.7 Å². The molecule has 0 aromatic carbocycles. The monoisotopic (exact) mass is 313 g/mol. The van der Waals surface area contributed by atoms with Crippen LogP contribution < -0.4 is 0 Å². The van der Waals surface area contributed by atoms with Crippen LogP contribution in [-0.2, 0) is 0 Å². The average Bonchev–Trinajstić information content (AvgIpc) is 2.02. The predicted molar refractivity (Wildman–Crippen MR) is 53.6 cm³/mol. The van der Waals surface area contributed by atoms with Crippen LogP contribution in [0.1, 0.15) is 28.2 Å². The van der Waals surface area contributed by atoms with E-state index in [2.05, 4.69) is 4.98 Å². The summed E-state index contributed by atoms with van der Waals surface area (Å²) in [5.41, 5.74) is -0.497. The standard InChI is InChI=1S/C8H6F2INO2/c1-3-2-4(11)6(8(13)14)12-5(3)7(9)10/h2,7H,1H3,(H,13,14). The largest absolute Gasteiger partial charge is 0.476 e. The smallest absolute Gasteiger partial charge is 0.355 e. The van der Waals surface area contributed by atoms with Gasteiger partial charge in [-0.2, -0.15) is 0 Å². The summed E-state index contributed by atoms with van der Waals surface area (Å²) >= 11 is 1.75. The molecular weight excluding hydrogens is 307 g/mol. The number of halogens is 3. The molecule has 0 spiro atoms. The van der Waals surface area contributed by atoms with Gasteiger partial charge in [0.15, 0.2) is 5.69 Å². The molecule has 1 rings (SSSR count). The molecule has 1 aromatic heterocycles. The molecule has 0 saturated heterocycles. The fourth-order valence-corrected chi connectivity index (χ4v) is 1.78. The van der Waals surface area contributed by atoms with E-state index in [9.17, 15) is 13.6 Å². The highest BCUT2D eigenvalue weighted by molar-refractivity contribution is 14.1. The van der Waals surface area contributed by atoms with Gasteiger partial charge in [0, 0.05) is 3.57 Å². The van der Waals surface area contributed by atoms with Gasteiger partial charge in [-0.3, -0.25) is 0 Å². The van der Waals surface area contributed by atoms with Gasteiger partial charge in [0.05, 0.1) is 0 Å². The third-order valence-corrected chi connectivity index (χ3v) is 2.44. The minimum absolute atomic E-state index is 0.300. The van der Waals surface area contributed by atoms with E-state index >= 15 is 0 Å². The van der Waals surface area contributed by atoms with E-state index in [0.29, 0.717) is 9.13 Å². The van der Waals surface area contributed by atoms with Crippen molar-refractivity contribution >= 4 is 28.6 Å². The second-order valence-electron chi connectivity index (χ2n) is 2.63. The van der Waals surface area contributed by atoms with Gasteiger partial charge in [0.25, 0.3) is 6.43 Å². The third kappa shape index (κ3) is 2.17. The molecule has 3 nitrogen and oxygen atoms in total. The molecule has 0 aliphatic carbocycles. The van der Waals surface area contributed by atoms with Gasteiger partial charge in [-0.25, -0.2) is 18.6 Å². The lowest BCUT2D eigenvalue weighted by molar-refractivity contribution is 0.0687. The van der Waals surface area contributed by atoms with Crippen molar-refractivity contribution in [2.45, 2.75) is 13.3 Å². The Morgan fingerprint density at radius 2 is 2.21 bits per heavy atom. The van der Waals surface area contributed by atoms with Crippen molar-refractivity contribution in [1.82, 2.24) is 4.98 Å². The Morgan fingerprint density at radius 1 is 1.64 bits per heavy atom. The van der Waals surface area contributed by atoms with Crippen LogP contribution >= 0.6 is 22.6 Å². The number of aryl methyl sites for hydroxylation is 1. The molecule has 1 N–H and O–H groups in total. The van der Waals surface area contributed by atoms with Crippen molar-refractivity contribution in [3.8, 4) is 0 Å². The summed E-state index contributed by atoms with van der Waals surface area (Å²) in [7, 11) is 0. The molecule has 0 amide bonds. The third-order valence-electron chi connectivity index (χ3n) is 1.62. The Bertz CT molecular complexity index is 382. The first-order valence-corrected chi connectivity index (χ1v) is 4.70. The summed E-state index contributed by atoms with van der Waals surface area (Å²) in [6.45, 7) is 1.47. The molecule has 0 saturated carbocycles. The number of carboxylic acids is 1. The number of carbonyl (C=O) groups is 1. The molecule has 6 heteroatoms. The van der Waals surface area contributed by atoms with Crippen LogP contribution in [0.4, 0.5) is 8.78 Å². The van der Waals surface area contributed by atoms with Crippen LogP contribution in [-0.4, -0.2) is 16.1 Å². The first-order valence-electron chi connectivity index (χ1n) is 3.62. The zero-order valence-corrected chi connectivity index (χ0v) is 9.25. The van der Waals surface area contributed by atoms with Gasteiger partial charge < -0.3 is 5.11 Å². The number of aromatic carboxylic acids is 1. The number of pyridine rings is 1. The molecule has 0 unspecified atom stereocenters. The maximum absolute atomic E-state index is 12.3. The second-order valence-corrected chi connectivity index (χ2v) is 3.79. The molecular formula is C8H6F2INO2. The Hall–Kier alpha value is -0.790. The molecule has 0 atom stereocenters. The van der Waals surface area contributed by atoms with Crippen LogP contribution in [0.15, 0.2) is 6.07 Å². The van der Waals surface area contributed by atoms with Gasteiger partial charge in [-0.15, -0.1) is 0 Å². The molecule has 0 aliphatic rings. The van der Waals surface area contributed by atoms with Crippen LogP contribution in [0.2, 0.25) is 0 Å². The lowest BCUT2D eigenvalue weighted by Crippen LogP contribution is -2.08. The van der Waals surface area contributed by atoms with E-state index in [-0.39, 0.29) is 5.69 Å². The summed E-state index contributed by atoms with van der Waals surface area (Å²) < 4.78 is 25.0. The van der Waals surface area contributed by atoms with Crippen molar-refractivity contribution in [2.75, 3.05) is 0 Å². The minimum Gasteiger partial charge on any atom is -0.476 e. The van der Waals surface area contributed by atoms with E-state index < -0.39 is 18.1 Å². The molecule has 1 aromatic rings. The molecule has 0 bridgehead atoms. The Labute approximate surface area is 92.3 Å². The summed E-state index contributed by atoms with van der Waals surface area (Å²) in [5.74, 6) is -1.30. The van der Waals surface area contributed by atoms with Crippen molar-refractivity contribution in [1.29, 1.82) is 0 Å². The molecule has 0 radical (unpaired) electrons. The minimum atomic E-state index is -2.75. The van der Waals surface area contributed by atoms with Gasteiger partial charge in [-0.05, 0) is 41.1 Å². The van der Waals surface area contributed by atoms with Crippen molar-refractivity contribution in [2.24, 2.45) is 0 Å². The van der Waals surface area contributed by atoms with Crippen LogP contribution in [0.5, 0.6) is 0 Å². The highest BCUT2D eigenvalue weighted by Crippen LogP contribution is 2.23. The van der Waals surface area contributed by atoms with E-state index in [4.69, 9.17) is 5.11 Å². The maximum atomic E-state index is 12.3. The van der Waals surface area contributed by atoms with E-state index in [0.717, 1.165) is 0 Å². The quantitative estimate of drug-likeness (QED) is 0.854. The highest BCUT2D eigenvalue weighted by Gasteiger charge is 2.18. The van der Waals surface area contributed by atoms with E-state index in [1.165, 1.54) is 13.0 Å². The summed E-state index contributed by atoms with van der Waals surface area (Å²) in [4.78, 5) is 14.0.